The van der Waals surface area contributed by atoms with Gasteiger partial charge in [0.25, 0.3) is 5.91 Å². The van der Waals surface area contributed by atoms with Crippen molar-refractivity contribution >= 4 is 23.1 Å². The molecule has 0 unspecified atom stereocenters. The Labute approximate surface area is 107 Å². The summed E-state index contributed by atoms with van der Waals surface area (Å²) in [6, 6.07) is 7.55. The van der Waals surface area contributed by atoms with E-state index in [1.165, 1.54) is 0 Å². The van der Waals surface area contributed by atoms with Crippen LogP contribution in [0.1, 0.15) is 28.8 Å². The van der Waals surface area contributed by atoms with Crippen LogP contribution in [0.25, 0.3) is 0 Å². The van der Waals surface area contributed by atoms with E-state index in [-0.39, 0.29) is 5.91 Å². The van der Waals surface area contributed by atoms with Crippen LogP contribution in [0.2, 0.25) is 0 Å². The zero-order valence-corrected chi connectivity index (χ0v) is 10.5. The number of thiocarbonyl (C=S) groups is 1. The van der Waals surface area contributed by atoms with Crippen molar-refractivity contribution in [1.29, 1.82) is 0 Å². The highest BCUT2D eigenvalue weighted by molar-refractivity contribution is 7.80. The van der Waals surface area contributed by atoms with Gasteiger partial charge in [0.1, 0.15) is 0 Å². The molecular weight excluding hydrogens is 232 g/mol. The minimum atomic E-state index is 0.129. The molecule has 90 valence electrons. The molecule has 1 aromatic carbocycles. The molecule has 1 amide bonds. The van der Waals surface area contributed by atoms with E-state index in [1.54, 1.807) is 0 Å². The second-order valence-corrected chi connectivity index (χ2v) is 4.86. The Bertz CT molecular complexity index is 422. The maximum atomic E-state index is 12.1. The largest absolute Gasteiger partial charge is 0.393 e. The van der Waals surface area contributed by atoms with Gasteiger partial charge in [-0.2, -0.15) is 0 Å². The lowest BCUT2D eigenvalue weighted by Crippen LogP contribution is -2.27. The van der Waals surface area contributed by atoms with Gasteiger partial charge in [-0.15, -0.1) is 0 Å². The van der Waals surface area contributed by atoms with E-state index in [1.807, 2.05) is 29.2 Å². The predicted octanol–water partition coefficient (Wildman–Crippen LogP) is 1.75. The Kier molecular flexibility index (Phi) is 3.74. The van der Waals surface area contributed by atoms with Crippen LogP contribution in [0.15, 0.2) is 24.3 Å². The third-order valence-electron chi connectivity index (χ3n) is 2.97. The Morgan fingerprint density at radius 2 is 1.82 bits per heavy atom. The summed E-state index contributed by atoms with van der Waals surface area (Å²) in [5, 5.41) is 0. The molecule has 0 aromatic heterocycles. The first-order chi connectivity index (χ1) is 8.16. The standard InChI is InChI=1S/C13H16N2OS/c14-12(17)9-10-3-5-11(6-4-10)13(16)15-7-1-2-8-15/h3-6H,1-2,7-9H2,(H2,14,17). The van der Waals surface area contributed by atoms with Crippen LogP contribution in [0.5, 0.6) is 0 Å². The van der Waals surface area contributed by atoms with Crippen molar-refractivity contribution in [1.82, 2.24) is 4.90 Å². The number of hydrogen-bond donors (Lipinski definition) is 1. The zero-order chi connectivity index (χ0) is 12.3. The van der Waals surface area contributed by atoms with Gasteiger partial charge in [-0.25, -0.2) is 0 Å². The first kappa shape index (κ1) is 12.0. The van der Waals surface area contributed by atoms with E-state index in [2.05, 4.69) is 0 Å². The van der Waals surface area contributed by atoms with Crippen LogP contribution in [0.3, 0.4) is 0 Å². The van der Waals surface area contributed by atoms with Gasteiger partial charge in [0.05, 0.1) is 4.99 Å². The SMILES string of the molecule is NC(=S)Cc1ccc(C(=O)N2CCCC2)cc1. The van der Waals surface area contributed by atoms with Gasteiger partial charge in [0.2, 0.25) is 0 Å². The molecule has 1 saturated heterocycles. The molecule has 0 atom stereocenters. The zero-order valence-electron chi connectivity index (χ0n) is 9.69. The second-order valence-electron chi connectivity index (χ2n) is 4.34. The van der Waals surface area contributed by atoms with Crippen LogP contribution in [-0.4, -0.2) is 28.9 Å². The minimum Gasteiger partial charge on any atom is -0.393 e. The maximum absolute atomic E-state index is 12.1. The number of amides is 1. The van der Waals surface area contributed by atoms with Crippen LogP contribution >= 0.6 is 12.2 Å². The molecule has 1 aliphatic heterocycles. The van der Waals surface area contributed by atoms with Gasteiger partial charge in [-0.05, 0) is 30.5 Å². The van der Waals surface area contributed by atoms with Gasteiger partial charge in [-0.1, -0.05) is 24.4 Å². The lowest BCUT2D eigenvalue weighted by Gasteiger charge is -2.15. The molecule has 0 bridgehead atoms. The normalized spacial score (nSPS) is 14.9. The van der Waals surface area contributed by atoms with Crippen LogP contribution in [0, 0.1) is 0 Å². The summed E-state index contributed by atoms with van der Waals surface area (Å²) in [6.07, 6.45) is 2.82. The first-order valence-corrected chi connectivity index (χ1v) is 6.24. The predicted molar refractivity (Wildman–Crippen MR) is 72.1 cm³/mol. The van der Waals surface area contributed by atoms with Crippen molar-refractivity contribution < 1.29 is 4.79 Å². The highest BCUT2D eigenvalue weighted by atomic mass is 32.1. The highest BCUT2D eigenvalue weighted by Crippen LogP contribution is 2.13. The molecule has 3 nitrogen and oxygen atoms in total. The minimum absolute atomic E-state index is 0.129. The Hall–Kier alpha value is -1.42. The topological polar surface area (TPSA) is 46.3 Å². The number of carbonyl (C=O) groups is 1. The van der Waals surface area contributed by atoms with E-state index in [9.17, 15) is 4.79 Å². The first-order valence-electron chi connectivity index (χ1n) is 5.83. The number of rotatable bonds is 3. The molecule has 0 aliphatic carbocycles. The molecule has 1 heterocycles. The highest BCUT2D eigenvalue weighted by Gasteiger charge is 2.18. The maximum Gasteiger partial charge on any atom is 0.253 e. The average Bonchev–Trinajstić information content (AvgIpc) is 2.82. The fourth-order valence-electron chi connectivity index (χ4n) is 2.07. The second kappa shape index (κ2) is 5.27. The summed E-state index contributed by atoms with van der Waals surface area (Å²) >= 11 is 4.85. The molecule has 0 saturated carbocycles. The van der Waals surface area contributed by atoms with Crippen molar-refractivity contribution in [2.75, 3.05) is 13.1 Å². The molecule has 4 heteroatoms. The van der Waals surface area contributed by atoms with E-state index in [4.69, 9.17) is 18.0 Å². The van der Waals surface area contributed by atoms with Crippen LogP contribution in [-0.2, 0) is 6.42 Å². The van der Waals surface area contributed by atoms with Crippen molar-refractivity contribution in [3.63, 3.8) is 0 Å². The summed E-state index contributed by atoms with van der Waals surface area (Å²) in [5.41, 5.74) is 7.28. The number of benzene rings is 1. The quantitative estimate of drug-likeness (QED) is 0.829. The third kappa shape index (κ3) is 3.03. The number of hydrogen-bond acceptors (Lipinski definition) is 2. The summed E-state index contributed by atoms with van der Waals surface area (Å²) in [6.45, 7) is 1.76. The number of nitrogens with two attached hydrogens (primary N) is 1. The Morgan fingerprint density at radius 3 is 2.35 bits per heavy atom. The van der Waals surface area contributed by atoms with Crippen molar-refractivity contribution in [2.45, 2.75) is 19.3 Å². The fraction of sp³-hybridized carbons (Fsp3) is 0.385. The summed E-state index contributed by atoms with van der Waals surface area (Å²) < 4.78 is 0. The van der Waals surface area contributed by atoms with Gasteiger partial charge in [0.15, 0.2) is 0 Å². The van der Waals surface area contributed by atoms with Crippen LogP contribution in [0.4, 0.5) is 0 Å². The van der Waals surface area contributed by atoms with E-state index in [0.717, 1.165) is 37.1 Å². The van der Waals surface area contributed by atoms with E-state index in [0.29, 0.717) is 11.4 Å². The van der Waals surface area contributed by atoms with Gasteiger partial charge >= 0.3 is 0 Å². The summed E-state index contributed by atoms with van der Waals surface area (Å²) in [4.78, 5) is 14.4. The molecule has 0 spiro atoms. The smallest absolute Gasteiger partial charge is 0.253 e. The van der Waals surface area contributed by atoms with Crippen molar-refractivity contribution in [3.8, 4) is 0 Å². The molecule has 2 rings (SSSR count). The van der Waals surface area contributed by atoms with E-state index < -0.39 is 0 Å². The summed E-state index contributed by atoms with van der Waals surface area (Å²) in [7, 11) is 0. The average molecular weight is 248 g/mol. The number of nitrogens with zero attached hydrogens (tertiary/aromatic N) is 1. The molecule has 1 fully saturated rings. The molecule has 1 aromatic rings. The van der Waals surface area contributed by atoms with Gasteiger partial charge < -0.3 is 10.6 Å². The lowest BCUT2D eigenvalue weighted by atomic mass is 10.1. The molecular formula is C13H16N2OS. The monoisotopic (exact) mass is 248 g/mol. The molecule has 2 N–H and O–H groups in total. The third-order valence-corrected chi connectivity index (χ3v) is 3.12. The van der Waals surface area contributed by atoms with Crippen LogP contribution < -0.4 is 5.73 Å². The van der Waals surface area contributed by atoms with Gasteiger partial charge in [-0.3, -0.25) is 4.79 Å². The van der Waals surface area contributed by atoms with Crippen molar-refractivity contribution in [3.05, 3.63) is 35.4 Å². The van der Waals surface area contributed by atoms with Gasteiger partial charge in [0, 0.05) is 25.1 Å². The Morgan fingerprint density at radius 1 is 1.24 bits per heavy atom. The molecule has 0 radical (unpaired) electrons. The lowest BCUT2D eigenvalue weighted by molar-refractivity contribution is 0.0793. The summed E-state index contributed by atoms with van der Waals surface area (Å²) in [5.74, 6) is 0.129. The fourth-order valence-corrected chi connectivity index (χ4v) is 2.24. The van der Waals surface area contributed by atoms with Crippen molar-refractivity contribution in [2.24, 2.45) is 5.73 Å². The molecule has 17 heavy (non-hydrogen) atoms. The number of carbonyl (C=O) groups excluding carboxylic acids is 1. The Balaban J connectivity index is 2.06. The number of likely N-dealkylation sites (tertiary alicyclic amines) is 1. The van der Waals surface area contributed by atoms with E-state index >= 15 is 0 Å². The molecule has 1 aliphatic rings.